The number of rotatable bonds is 1. The van der Waals surface area contributed by atoms with Crippen LogP contribution in [0.3, 0.4) is 0 Å². The van der Waals surface area contributed by atoms with E-state index in [0.717, 1.165) is 16.7 Å². The maximum atomic E-state index is 11.6. The summed E-state index contributed by atoms with van der Waals surface area (Å²) in [7, 11) is 0. The van der Waals surface area contributed by atoms with Gasteiger partial charge in [0.25, 0.3) is 0 Å². The number of ether oxygens (including phenoxy) is 1. The molecule has 0 amide bonds. The molecule has 0 bridgehead atoms. The molecule has 22 heavy (non-hydrogen) atoms. The van der Waals surface area contributed by atoms with Crippen molar-refractivity contribution in [2.45, 2.75) is 52.4 Å². The SMILES string of the molecule is CC(C)(C)c1cc(/C=C2\NCOC2=O)cc(C(C)(C)C)c1O. The third-order valence-electron chi connectivity index (χ3n) is 3.75. The first-order valence-corrected chi connectivity index (χ1v) is 7.51. The minimum Gasteiger partial charge on any atom is -0.507 e. The summed E-state index contributed by atoms with van der Waals surface area (Å²) in [4.78, 5) is 11.6. The van der Waals surface area contributed by atoms with Crippen LogP contribution in [-0.2, 0) is 20.4 Å². The molecule has 0 spiro atoms. The molecule has 0 aliphatic carbocycles. The van der Waals surface area contributed by atoms with Gasteiger partial charge in [-0.05, 0) is 34.6 Å². The lowest BCUT2D eigenvalue weighted by molar-refractivity contribution is -0.135. The lowest BCUT2D eigenvalue weighted by Gasteiger charge is -2.28. The van der Waals surface area contributed by atoms with Gasteiger partial charge in [0.1, 0.15) is 11.4 Å². The molecular weight excluding hydrogens is 278 g/mol. The van der Waals surface area contributed by atoms with Crippen molar-refractivity contribution in [3.8, 4) is 5.75 Å². The predicted molar refractivity (Wildman–Crippen MR) is 87.6 cm³/mol. The minimum absolute atomic E-state index is 0.192. The number of nitrogens with one attached hydrogen (secondary N) is 1. The summed E-state index contributed by atoms with van der Waals surface area (Å²) in [5, 5.41) is 13.6. The second-order valence-electron chi connectivity index (χ2n) is 7.78. The number of phenols is 1. The molecule has 1 heterocycles. The summed E-state index contributed by atoms with van der Waals surface area (Å²) < 4.78 is 4.89. The van der Waals surface area contributed by atoms with Crippen molar-refractivity contribution in [2.75, 3.05) is 6.73 Å². The molecule has 1 fully saturated rings. The average molecular weight is 303 g/mol. The fraction of sp³-hybridized carbons (Fsp3) is 0.500. The van der Waals surface area contributed by atoms with E-state index in [1.165, 1.54) is 0 Å². The molecular formula is C18H25NO3. The van der Waals surface area contributed by atoms with Crippen LogP contribution < -0.4 is 5.32 Å². The first-order valence-electron chi connectivity index (χ1n) is 7.51. The van der Waals surface area contributed by atoms with Gasteiger partial charge < -0.3 is 15.2 Å². The summed E-state index contributed by atoms with van der Waals surface area (Å²) in [5.74, 6) is -0.00759. The van der Waals surface area contributed by atoms with Crippen molar-refractivity contribution >= 4 is 12.0 Å². The van der Waals surface area contributed by atoms with Crippen LogP contribution in [0.15, 0.2) is 17.8 Å². The van der Waals surface area contributed by atoms with Crippen LogP contribution in [0.25, 0.3) is 6.08 Å². The van der Waals surface area contributed by atoms with E-state index >= 15 is 0 Å². The van der Waals surface area contributed by atoms with Gasteiger partial charge in [-0.25, -0.2) is 4.79 Å². The third-order valence-corrected chi connectivity index (χ3v) is 3.75. The van der Waals surface area contributed by atoms with E-state index in [1.54, 1.807) is 6.08 Å². The van der Waals surface area contributed by atoms with E-state index in [2.05, 4.69) is 46.9 Å². The zero-order valence-corrected chi connectivity index (χ0v) is 14.2. The molecule has 0 aromatic heterocycles. The first kappa shape index (κ1) is 16.4. The summed E-state index contributed by atoms with van der Waals surface area (Å²) >= 11 is 0. The number of phenolic OH excluding ortho intramolecular Hbond substituents is 1. The van der Waals surface area contributed by atoms with Crippen molar-refractivity contribution in [1.82, 2.24) is 5.32 Å². The Hall–Kier alpha value is -1.97. The molecule has 1 saturated heterocycles. The first-order chi connectivity index (χ1) is 10.00. The van der Waals surface area contributed by atoms with E-state index < -0.39 is 0 Å². The Bertz CT molecular complexity index is 596. The number of hydrogen-bond donors (Lipinski definition) is 2. The molecule has 4 nitrogen and oxygen atoms in total. The maximum absolute atomic E-state index is 11.6. The van der Waals surface area contributed by atoms with Crippen molar-refractivity contribution in [3.05, 3.63) is 34.5 Å². The Balaban J connectivity index is 2.63. The quantitative estimate of drug-likeness (QED) is 0.616. The lowest BCUT2D eigenvalue weighted by atomic mass is 9.78. The third kappa shape index (κ3) is 3.26. The largest absolute Gasteiger partial charge is 0.507 e. The zero-order valence-electron chi connectivity index (χ0n) is 14.2. The highest BCUT2D eigenvalue weighted by atomic mass is 16.6. The molecule has 0 saturated carbocycles. The number of esters is 1. The fourth-order valence-electron chi connectivity index (χ4n) is 2.49. The normalized spacial score (nSPS) is 17.5. The topological polar surface area (TPSA) is 58.6 Å². The van der Waals surface area contributed by atoms with Gasteiger partial charge in [-0.1, -0.05) is 41.5 Å². The molecule has 2 N–H and O–H groups in total. The van der Waals surface area contributed by atoms with E-state index in [-0.39, 0.29) is 23.5 Å². The summed E-state index contributed by atoms with van der Waals surface area (Å²) in [6.45, 7) is 12.6. The second-order valence-corrected chi connectivity index (χ2v) is 7.78. The van der Waals surface area contributed by atoms with Gasteiger partial charge >= 0.3 is 5.97 Å². The van der Waals surface area contributed by atoms with Crippen LogP contribution in [0.4, 0.5) is 0 Å². The van der Waals surface area contributed by atoms with E-state index in [1.807, 2.05) is 12.1 Å². The fourth-order valence-corrected chi connectivity index (χ4v) is 2.49. The highest BCUT2D eigenvalue weighted by Gasteiger charge is 2.27. The number of benzene rings is 1. The van der Waals surface area contributed by atoms with Gasteiger partial charge in [0, 0.05) is 11.1 Å². The zero-order chi connectivity index (χ0) is 16.7. The lowest BCUT2D eigenvalue weighted by Crippen LogP contribution is -2.17. The molecule has 0 unspecified atom stereocenters. The van der Waals surface area contributed by atoms with Gasteiger partial charge in [-0.2, -0.15) is 0 Å². The Morgan fingerprint density at radius 3 is 1.95 bits per heavy atom. The van der Waals surface area contributed by atoms with Gasteiger partial charge in [0.2, 0.25) is 0 Å². The number of aromatic hydroxyl groups is 1. The summed E-state index contributed by atoms with van der Waals surface area (Å²) in [6, 6.07) is 3.87. The summed E-state index contributed by atoms with van der Waals surface area (Å²) in [5.41, 5.74) is 2.69. The Labute approximate surface area is 132 Å². The predicted octanol–water partition coefficient (Wildman–Crippen LogP) is 3.43. The number of carbonyl (C=O) groups excluding carboxylic acids is 1. The van der Waals surface area contributed by atoms with Crippen molar-refractivity contribution in [3.63, 3.8) is 0 Å². The second kappa shape index (κ2) is 5.34. The molecule has 1 aromatic rings. The molecule has 1 aromatic carbocycles. The van der Waals surface area contributed by atoms with Crippen LogP contribution >= 0.6 is 0 Å². The highest BCUT2D eigenvalue weighted by Crippen LogP contribution is 2.40. The Morgan fingerprint density at radius 1 is 1.09 bits per heavy atom. The van der Waals surface area contributed by atoms with Gasteiger partial charge in [-0.15, -0.1) is 0 Å². The summed E-state index contributed by atoms with van der Waals surface area (Å²) in [6.07, 6.45) is 1.78. The van der Waals surface area contributed by atoms with E-state index in [4.69, 9.17) is 4.74 Å². The van der Waals surface area contributed by atoms with Crippen molar-refractivity contribution < 1.29 is 14.6 Å². The molecule has 0 atom stereocenters. The highest BCUT2D eigenvalue weighted by molar-refractivity contribution is 5.94. The number of cyclic esters (lactones) is 1. The van der Waals surface area contributed by atoms with Gasteiger partial charge in [-0.3, -0.25) is 0 Å². The maximum Gasteiger partial charge on any atom is 0.356 e. The molecule has 4 heteroatoms. The van der Waals surface area contributed by atoms with Gasteiger partial charge in [0.15, 0.2) is 6.73 Å². The van der Waals surface area contributed by atoms with Crippen LogP contribution in [0.5, 0.6) is 5.75 Å². The van der Waals surface area contributed by atoms with Crippen LogP contribution in [0, 0.1) is 0 Å². The number of hydrogen-bond acceptors (Lipinski definition) is 4. The van der Waals surface area contributed by atoms with Crippen LogP contribution in [-0.4, -0.2) is 17.8 Å². The standard InChI is InChI=1S/C18H25NO3/c1-17(2,3)12-7-11(9-14-16(21)22-10-19-14)8-13(15(12)20)18(4,5)6/h7-9,19-20H,10H2,1-6H3/b14-9-. The van der Waals surface area contributed by atoms with Crippen molar-refractivity contribution in [1.29, 1.82) is 0 Å². The van der Waals surface area contributed by atoms with E-state index in [9.17, 15) is 9.90 Å². The van der Waals surface area contributed by atoms with Crippen LogP contribution in [0.1, 0.15) is 58.2 Å². The molecule has 2 rings (SSSR count). The molecule has 1 aliphatic rings. The monoisotopic (exact) mass is 303 g/mol. The van der Waals surface area contributed by atoms with Gasteiger partial charge in [0.05, 0.1) is 0 Å². The molecule has 120 valence electrons. The van der Waals surface area contributed by atoms with E-state index in [0.29, 0.717) is 11.4 Å². The van der Waals surface area contributed by atoms with Crippen molar-refractivity contribution in [2.24, 2.45) is 0 Å². The Kier molecular flexibility index (Phi) is 3.98. The molecule has 0 radical (unpaired) electrons. The molecule has 1 aliphatic heterocycles. The average Bonchev–Trinajstić information content (AvgIpc) is 2.74. The smallest absolute Gasteiger partial charge is 0.356 e. The number of carbonyl (C=O) groups is 1. The minimum atomic E-state index is -0.345. The van der Waals surface area contributed by atoms with Crippen LogP contribution in [0.2, 0.25) is 0 Å². The Morgan fingerprint density at radius 2 is 1.59 bits per heavy atom.